The fourth-order valence-electron chi connectivity index (χ4n) is 4.10. The summed E-state index contributed by atoms with van der Waals surface area (Å²) >= 11 is 5.91. The van der Waals surface area contributed by atoms with Crippen LogP contribution in [0.4, 0.5) is 5.82 Å². The van der Waals surface area contributed by atoms with Gasteiger partial charge in [-0.2, -0.15) is 5.26 Å². The van der Waals surface area contributed by atoms with Crippen LogP contribution in [-0.4, -0.2) is 60.3 Å². The number of amides is 1. The third-order valence-corrected chi connectivity index (χ3v) is 5.85. The van der Waals surface area contributed by atoms with E-state index >= 15 is 0 Å². The first-order valence-electron chi connectivity index (χ1n) is 10.3. The Bertz CT molecular complexity index is 998. The van der Waals surface area contributed by atoms with Gasteiger partial charge in [0, 0.05) is 50.9 Å². The summed E-state index contributed by atoms with van der Waals surface area (Å²) in [6.45, 7) is 9.08. The van der Waals surface area contributed by atoms with Gasteiger partial charge in [-0.15, -0.1) is 0 Å². The van der Waals surface area contributed by atoms with Crippen LogP contribution in [0.25, 0.3) is 6.08 Å². The predicted molar refractivity (Wildman–Crippen MR) is 122 cm³/mol. The summed E-state index contributed by atoms with van der Waals surface area (Å²) in [5.74, 6) is 0.603. The lowest BCUT2D eigenvalue weighted by molar-refractivity contribution is -0.126. The SMILES string of the molecule is COCC(C)n1c(C)cc(/C=C(\C#N)C(=O)N2CCN(c3ccc(Cl)cn3)CC2)c1C. The Hall–Kier alpha value is -2.82. The molecule has 0 saturated carbocycles. The van der Waals surface area contributed by atoms with Crippen LogP contribution < -0.4 is 4.90 Å². The Balaban J connectivity index is 1.72. The average Bonchev–Trinajstić information content (AvgIpc) is 3.05. The van der Waals surface area contributed by atoms with E-state index in [-0.39, 0.29) is 17.5 Å². The van der Waals surface area contributed by atoms with Crippen molar-refractivity contribution in [1.82, 2.24) is 14.5 Å². The normalized spacial score (nSPS) is 15.7. The van der Waals surface area contributed by atoms with E-state index in [1.54, 1.807) is 24.3 Å². The Labute approximate surface area is 188 Å². The lowest BCUT2D eigenvalue weighted by Gasteiger charge is -2.35. The molecule has 7 nitrogen and oxygen atoms in total. The summed E-state index contributed by atoms with van der Waals surface area (Å²) in [6, 6.07) is 7.97. The van der Waals surface area contributed by atoms with Crippen LogP contribution in [0.15, 0.2) is 30.0 Å². The number of carbonyl (C=O) groups is 1. The molecule has 164 valence electrons. The second-order valence-electron chi connectivity index (χ2n) is 7.78. The van der Waals surface area contributed by atoms with Crippen molar-refractivity contribution in [3.05, 3.63) is 51.9 Å². The van der Waals surface area contributed by atoms with Crippen LogP contribution in [0.2, 0.25) is 5.02 Å². The van der Waals surface area contributed by atoms with E-state index in [1.165, 1.54) is 0 Å². The molecule has 1 unspecified atom stereocenters. The number of hydrogen-bond donors (Lipinski definition) is 0. The molecule has 1 amide bonds. The monoisotopic (exact) mass is 441 g/mol. The van der Waals surface area contributed by atoms with Crippen LogP contribution in [0.3, 0.4) is 0 Å². The third kappa shape index (κ3) is 5.09. The number of rotatable bonds is 6. The number of piperazine rings is 1. The van der Waals surface area contributed by atoms with Gasteiger partial charge in [-0.3, -0.25) is 4.79 Å². The van der Waals surface area contributed by atoms with Gasteiger partial charge < -0.3 is 19.1 Å². The van der Waals surface area contributed by atoms with Gasteiger partial charge in [-0.05, 0) is 50.6 Å². The lowest BCUT2D eigenvalue weighted by atomic mass is 10.1. The molecule has 2 aromatic heterocycles. The number of aromatic nitrogens is 2. The van der Waals surface area contributed by atoms with Gasteiger partial charge >= 0.3 is 0 Å². The molecule has 0 radical (unpaired) electrons. The molecule has 1 atom stereocenters. The molecular weight excluding hydrogens is 414 g/mol. The number of nitriles is 1. The second kappa shape index (κ2) is 9.99. The highest BCUT2D eigenvalue weighted by atomic mass is 35.5. The first-order chi connectivity index (χ1) is 14.8. The average molecular weight is 442 g/mol. The Kier molecular flexibility index (Phi) is 7.37. The fraction of sp³-hybridized carbons (Fsp3) is 0.435. The molecule has 1 fully saturated rings. The van der Waals surface area contributed by atoms with E-state index in [4.69, 9.17) is 16.3 Å². The van der Waals surface area contributed by atoms with Crippen molar-refractivity contribution >= 4 is 29.4 Å². The number of aryl methyl sites for hydroxylation is 1. The van der Waals surface area contributed by atoms with Crippen molar-refractivity contribution in [2.45, 2.75) is 26.8 Å². The van der Waals surface area contributed by atoms with Crippen molar-refractivity contribution in [1.29, 1.82) is 5.26 Å². The van der Waals surface area contributed by atoms with Gasteiger partial charge in [0.25, 0.3) is 5.91 Å². The maximum atomic E-state index is 13.0. The quantitative estimate of drug-likeness (QED) is 0.505. The molecule has 1 saturated heterocycles. The van der Waals surface area contributed by atoms with E-state index in [1.807, 2.05) is 32.0 Å². The van der Waals surface area contributed by atoms with E-state index in [0.29, 0.717) is 37.8 Å². The highest BCUT2D eigenvalue weighted by Crippen LogP contribution is 2.24. The highest BCUT2D eigenvalue weighted by Gasteiger charge is 2.25. The number of nitrogens with zero attached hydrogens (tertiary/aromatic N) is 5. The van der Waals surface area contributed by atoms with E-state index in [0.717, 1.165) is 22.8 Å². The number of pyridine rings is 1. The largest absolute Gasteiger partial charge is 0.383 e. The number of methoxy groups -OCH3 is 1. The molecule has 3 rings (SSSR count). The molecule has 0 aliphatic carbocycles. The molecule has 31 heavy (non-hydrogen) atoms. The third-order valence-electron chi connectivity index (χ3n) is 5.63. The number of hydrogen-bond acceptors (Lipinski definition) is 5. The number of carbonyl (C=O) groups excluding carboxylic acids is 1. The number of halogens is 1. The van der Waals surface area contributed by atoms with E-state index in [9.17, 15) is 10.1 Å². The Morgan fingerprint density at radius 1 is 1.32 bits per heavy atom. The summed E-state index contributed by atoms with van der Waals surface area (Å²) < 4.78 is 7.45. The Morgan fingerprint density at radius 2 is 2.03 bits per heavy atom. The zero-order chi connectivity index (χ0) is 22.5. The minimum absolute atomic E-state index is 0.151. The number of anilines is 1. The zero-order valence-corrected chi connectivity index (χ0v) is 19.2. The van der Waals surface area contributed by atoms with Gasteiger partial charge in [0.1, 0.15) is 17.5 Å². The molecule has 0 aromatic carbocycles. The van der Waals surface area contributed by atoms with E-state index in [2.05, 4.69) is 27.4 Å². The van der Waals surface area contributed by atoms with Gasteiger partial charge in [0.05, 0.1) is 17.7 Å². The smallest absolute Gasteiger partial charge is 0.264 e. The number of ether oxygens (including phenoxy) is 1. The predicted octanol–water partition coefficient (Wildman–Crippen LogP) is 3.62. The van der Waals surface area contributed by atoms with Gasteiger partial charge in [-0.1, -0.05) is 11.6 Å². The first kappa shape index (κ1) is 22.9. The van der Waals surface area contributed by atoms with Gasteiger partial charge in [0.2, 0.25) is 0 Å². The lowest BCUT2D eigenvalue weighted by Crippen LogP contribution is -2.49. The molecule has 1 aliphatic rings. The van der Waals surface area contributed by atoms with Crippen molar-refractivity contribution in [2.75, 3.05) is 44.8 Å². The van der Waals surface area contributed by atoms with Gasteiger partial charge in [-0.25, -0.2) is 4.98 Å². The first-order valence-corrected chi connectivity index (χ1v) is 10.7. The maximum Gasteiger partial charge on any atom is 0.264 e. The maximum absolute atomic E-state index is 13.0. The molecular formula is C23H28ClN5O2. The summed E-state index contributed by atoms with van der Waals surface area (Å²) in [5.41, 5.74) is 3.12. The van der Waals surface area contributed by atoms with Crippen LogP contribution >= 0.6 is 11.6 Å². The minimum atomic E-state index is -0.235. The molecule has 1 aliphatic heterocycles. The van der Waals surface area contributed by atoms with Crippen LogP contribution in [0, 0.1) is 25.2 Å². The standard InChI is InChI=1S/C23H28ClN5O2/c1-16-11-19(18(3)29(16)17(2)15-31-4)12-20(13-25)23(30)28-9-7-27(8-10-28)22-6-5-21(24)14-26-22/h5-6,11-12,14,17H,7-10,15H2,1-4H3/b20-12+. The summed E-state index contributed by atoms with van der Waals surface area (Å²) in [5, 5.41) is 10.3. The summed E-state index contributed by atoms with van der Waals surface area (Å²) in [7, 11) is 1.68. The molecule has 0 bridgehead atoms. The van der Waals surface area contributed by atoms with Crippen molar-refractivity contribution in [3.63, 3.8) is 0 Å². The topological polar surface area (TPSA) is 74.4 Å². The molecule has 8 heteroatoms. The van der Waals surface area contributed by atoms with Crippen molar-refractivity contribution < 1.29 is 9.53 Å². The second-order valence-corrected chi connectivity index (χ2v) is 8.22. The van der Waals surface area contributed by atoms with Crippen molar-refractivity contribution in [3.8, 4) is 6.07 Å². The zero-order valence-electron chi connectivity index (χ0n) is 18.4. The minimum Gasteiger partial charge on any atom is -0.383 e. The molecule has 0 spiro atoms. The van der Waals surface area contributed by atoms with Crippen LogP contribution in [-0.2, 0) is 9.53 Å². The van der Waals surface area contributed by atoms with Crippen LogP contribution in [0.1, 0.15) is 29.9 Å². The van der Waals surface area contributed by atoms with Crippen LogP contribution in [0.5, 0.6) is 0 Å². The fourth-order valence-corrected chi connectivity index (χ4v) is 4.22. The summed E-state index contributed by atoms with van der Waals surface area (Å²) in [6.07, 6.45) is 3.32. The van der Waals surface area contributed by atoms with Crippen molar-refractivity contribution in [2.24, 2.45) is 0 Å². The Morgan fingerprint density at radius 3 is 2.61 bits per heavy atom. The molecule has 0 N–H and O–H groups in total. The van der Waals surface area contributed by atoms with Gasteiger partial charge in [0.15, 0.2) is 0 Å². The molecule has 2 aromatic rings. The highest BCUT2D eigenvalue weighted by molar-refractivity contribution is 6.30. The summed E-state index contributed by atoms with van der Waals surface area (Å²) in [4.78, 5) is 21.2. The molecule has 3 heterocycles. The van der Waals surface area contributed by atoms with E-state index < -0.39 is 0 Å².